The summed E-state index contributed by atoms with van der Waals surface area (Å²) in [5.41, 5.74) is 1.42. The number of rotatable bonds is 5. The lowest BCUT2D eigenvalue weighted by molar-refractivity contribution is 0.185. The lowest BCUT2D eigenvalue weighted by atomic mass is 10.2. The summed E-state index contributed by atoms with van der Waals surface area (Å²) in [4.78, 5) is 4.15. The molecule has 0 aromatic carbocycles. The maximum Gasteiger partial charge on any atom is 0.296 e. The zero-order valence-corrected chi connectivity index (χ0v) is 12.5. The fourth-order valence-electron chi connectivity index (χ4n) is 1.77. The molecule has 0 atom stereocenters. The Morgan fingerprint density at radius 2 is 2.15 bits per heavy atom. The highest BCUT2D eigenvalue weighted by atomic mass is 35.7. The molecule has 0 amide bonds. The van der Waals surface area contributed by atoms with Crippen molar-refractivity contribution in [2.45, 2.75) is 18.6 Å². The molecular formula is C11H13ClN4O3S. The summed E-state index contributed by atoms with van der Waals surface area (Å²) in [7, 11) is 2.92. The molecule has 9 heteroatoms. The maximum absolute atomic E-state index is 11.5. The zero-order chi connectivity index (χ0) is 14.8. The van der Waals surface area contributed by atoms with Gasteiger partial charge in [-0.05, 0) is 19.1 Å². The van der Waals surface area contributed by atoms with Crippen LogP contribution >= 0.6 is 10.7 Å². The van der Waals surface area contributed by atoms with Gasteiger partial charge in [-0.3, -0.25) is 9.55 Å². The summed E-state index contributed by atoms with van der Waals surface area (Å²) in [6.45, 7) is 2.39. The minimum atomic E-state index is -3.98. The molecule has 0 saturated heterocycles. The molecule has 2 heterocycles. The second-order valence-electron chi connectivity index (χ2n) is 4.02. The van der Waals surface area contributed by atoms with Gasteiger partial charge in [-0.25, -0.2) is 8.42 Å². The predicted octanol–water partition coefficient (Wildman–Crippen LogP) is 1.22. The number of methoxy groups -OCH3 is 1. The van der Waals surface area contributed by atoms with Crippen LogP contribution in [0.5, 0.6) is 0 Å². The molecule has 0 spiro atoms. The molecule has 0 fully saturated rings. The Hall–Kier alpha value is -1.51. The van der Waals surface area contributed by atoms with E-state index in [-0.39, 0.29) is 11.7 Å². The van der Waals surface area contributed by atoms with Gasteiger partial charge in [0.2, 0.25) is 0 Å². The SMILES string of the molecule is COCCn1c(-c2cccnc2C)nnc1S(=O)(=O)Cl. The molecule has 0 bridgehead atoms. The Bertz CT molecular complexity index is 714. The Balaban J connectivity index is 2.60. The Morgan fingerprint density at radius 3 is 2.75 bits per heavy atom. The largest absolute Gasteiger partial charge is 0.383 e. The van der Waals surface area contributed by atoms with Gasteiger partial charge in [0, 0.05) is 35.2 Å². The van der Waals surface area contributed by atoms with Crippen molar-refractivity contribution in [3.63, 3.8) is 0 Å². The van der Waals surface area contributed by atoms with Crippen LogP contribution in [0.1, 0.15) is 5.69 Å². The lowest BCUT2D eigenvalue weighted by Crippen LogP contribution is -2.12. The van der Waals surface area contributed by atoms with Crippen LogP contribution in [-0.4, -0.2) is 41.9 Å². The van der Waals surface area contributed by atoms with E-state index in [0.717, 1.165) is 5.69 Å². The highest BCUT2D eigenvalue weighted by molar-refractivity contribution is 8.13. The predicted molar refractivity (Wildman–Crippen MR) is 72.9 cm³/mol. The Labute approximate surface area is 121 Å². The number of aromatic nitrogens is 4. The number of aryl methyl sites for hydroxylation is 1. The second kappa shape index (κ2) is 5.86. The molecule has 0 radical (unpaired) electrons. The van der Waals surface area contributed by atoms with Crippen molar-refractivity contribution >= 4 is 19.7 Å². The molecular weight excluding hydrogens is 304 g/mol. The van der Waals surface area contributed by atoms with Crippen molar-refractivity contribution in [3.8, 4) is 11.4 Å². The van der Waals surface area contributed by atoms with E-state index in [1.54, 1.807) is 25.3 Å². The zero-order valence-electron chi connectivity index (χ0n) is 10.9. The van der Waals surface area contributed by atoms with E-state index in [2.05, 4.69) is 15.2 Å². The lowest BCUT2D eigenvalue weighted by Gasteiger charge is -2.09. The molecule has 7 nitrogen and oxygen atoms in total. The monoisotopic (exact) mass is 316 g/mol. The molecule has 2 aromatic rings. The first-order valence-corrected chi connectivity index (χ1v) is 8.05. The molecule has 108 valence electrons. The fraction of sp³-hybridized carbons (Fsp3) is 0.364. The van der Waals surface area contributed by atoms with Crippen molar-refractivity contribution in [3.05, 3.63) is 24.0 Å². The highest BCUT2D eigenvalue weighted by Gasteiger charge is 2.23. The van der Waals surface area contributed by atoms with Gasteiger partial charge in [-0.15, -0.1) is 10.2 Å². The van der Waals surface area contributed by atoms with Crippen LogP contribution in [0, 0.1) is 6.92 Å². The van der Waals surface area contributed by atoms with Gasteiger partial charge in [0.25, 0.3) is 14.2 Å². The number of ether oxygens (including phenoxy) is 1. The Kier molecular flexibility index (Phi) is 4.36. The van der Waals surface area contributed by atoms with E-state index in [1.165, 1.54) is 11.7 Å². The molecule has 0 saturated carbocycles. The first-order chi connectivity index (χ1) is 9.45. The minimum absolute atomic E-state index is 0.272. The second-order valence-corrected chi connectivity index (χ2v) is 6.48. The van der Waals surface area contributed by atoms with Crippen LogP contribution in [-0.2, 0) is 20.3 Å². The first-order valence-electron chi connectivity index (χ1n) is 5.74. The molecule has 2 aromatic heterocycles. The quantitative estimate of drug-likeness (QED) is 0.771. The molecule has 20 heavy (non-hydrogen) atoms. The van der Waals surface area contributed by atoms with Crippen molar-refractivity contribution in [2.24, 2.45) is 0 Å². The number of halogens is 1. The van der Waals surface area contributed by atoms with Crippen molar-refractivity contribution in [1.29, 1.82) is 0 Å². The van der Waals surface area contributed by atoms with Crippen molar-refractivity contribution < 1.29 is 13.2 Å². The van der Waals surface area contributed by atoms with Crippen molar-refractivity contribution in [1.82, 2.24) is 19.7 Å². The number of pyridine rings is 1. The van der Waals surface area contributed by atoms with Gasteiger partial charge in [-0.2, -0.15) is 0 Å². The third-order valence-corrected chi connectivity index (χ3v) is 3.85. The van der Waals surface area contributed by atoms with Gasteiger partial charge in [0.1, 0.15) is 0 Å². The van der Waals surface area contributed by atoms with E-state index < -0.39 is 9.05 Å². The third-order valence-electron chi connectivity index (χ3n) is 2.70. The normalized spacial score (nSPS) is 11.8. The van der Waals surface area contributed by atoms with Crippen molar-refractivity contribution in [2.75, 3.05) is 13.7 Å². The maximum atomic E-state index is 11.5. The van der Waals surface area contributed by atoms with Crippen LogP contribution in [0.2, 0.25) is 0 Å². The average Bonchev–Trinajstić information content (AvgIpc) is 2.80. The van der Waals surface area contributed by atoms with E-state index in [4.69, 9.17) is 15.4 Å². The van der Waals surface area contributed by atoms with Crippen LogP contribution in [0.15, 0.2) is 23.5 Å². The standard InChI is InChI=1S/C11H13ClN4O3S/c1-8-9(4-3-5-13-8)10-14-15-11(20(12,17)18)16(10)6-7-19-2/h3-5H,6-7H2,1-2H3. The van der Waals surface area contributed by atoms with Crippen LogP contribution in [0.4, 0.5) is 0 Å². The summed E-state index contributed by atoms with van der Waals surface area (Å²) in [5.74, 6) is 0.395. The highest BCUT2D eigenvalue weighted by Crippen LogP contribution is 2.23. The van der Waals surface area contributed by atoms with Crippen LogP contribution in [0.3, 0.4) is 0 Å². The minimum Gasteiger partial charge on any atom is -0.383 e. The molecule has 0 unspecified atom stereocenters. The average molecular weight is 317 g/mol. The van der Waals surface area contributed by atoms with Gasteiger partial charge in [0.05, 0.1) is 13.2 Å². The van der Waals surface area contributed by atoms with Gasteiger partial charge in [-0.1, -0.05) is 0 Å². The van der Waals surface area contributed by atoms with Gasteiger partial charge >= 0.3 is 0 Å². The number of hydrogen-bond acceptors (Lipinski definition) is 6. The molecule has 2 rings (SSSR count). The van der Waals surface area contributed by atoms with E-state index in [0.29, 0.717) is 18.0 Å². The Morgan fingerprint density at radius 1 is 1.40 bits per heavy atom. The summed E-state index contributed by atoms with van der Waals surface area (Å²) in [6.07, 6.45) is 1.65. The fourth-order valence-corrected chi connectivity index (χ4v) is 2.69. The van der Waals surface area contributed by atoms with E-state index in [9.17, 15) is 8.42 Å². The molecule has 0 aliphatic heterocycles. The summed E-state index contributed by atoms with van der Waals surface area (Å²) < 4.78 is 29.5. The molecule has 0 aliphatic carbocycles. The van der Waals surface area contributed by atoms with E-state index in [1.807, 2.05) is 0 Å². The summed E-state index contributed by atoms with van der Waals surface area (Å²) >= 11 is 0. The smallest absolute Gasteiger partial charge is 0.296 e. The number of hydrogen-bond donors (Lipinski definition) is 0. The van der Waals surface area contributed by atoms with Gasteiger partial charge in [0.15, 0.2) is 5.82 Å². The summed E-state index contributed by atoms with van der Waals surface area (Å²) in [5, 5.41) is 7.29. The molecule has 0 aliphatic rings. The molecule has 0 N–H and O–H groups in total. The third kappa shape index (κ3) is 2.97. The van der Waals surface area contributed by atoms with Crippen LogP contribution < -0.4 is 0 Å². The van der Waals surface area contributed by atoms with E-state index >= 15 is 0 Å². The first kappa shape index (κ1) is 14.9. The topological polar surface area (TPSA) is 87.0 Å². The summed E-state index contributed by atoms with van der Waals surface area (Å²) in [6, 6.07) is 3.53. The number of nitrogens with zero attached hydrogens (tertiary/aromatic N) is 4. The van der Waals surface area contributed by atoms with Crippen LogP contribution in [0.25, 0.3) is 11.4 Å². The van der Waals surface area contributed by atoms with Gasteiger partial charge < -0.3 is 4.74 Å².